The maximum absolute atomic E-state index is 12.2. The first-order valence-electron chi connectivity index (χ1n) is 7.88. The van der Waals surface area contributed by atoms with Crippen LogP contribution in [0, 0.1) is 0 Å². The number of H-pyrrole nitrogens is 2. The van der Waals surface area contributed by atoms with Gasteiger partial charge in [0, 0.05) is 10.9 Å². The number of hydrogen-bond acceptors (Lipinski definition) is 5. The van der Waals surface area contributed by atoms with Crippen molar-refractivity contribution < 1.29 is 14.3 Å². The second kappa shape index (κ2) is 6.29. The molecule has 0 aliphatic carbocycles. The summed E-state index contributed by atoms with van der Waals surface area (Å²) >= 11 is 0. The van der Waals surface area contributed by atoms with E-state index in [4.69, 9.17) is 4.74 Å². The zero-order valence-corrected chi connectivity index (χ0v) is 13.5. The Balaban J connectivity index is 1.48. The van der Waals surface area contributed by atoms with Gasteiger partial charge in [-0.05, 0) is 30.3 Å². The van der Waals surface area contributed by atoms with Crippen molar-refractivity contribution in [3.05, 3.63) is 76.3 Å². The molecule has 2 aromatic carbocycles. The molecule has 0 bridgehead atoms. The number of esters is 1. The summed E-state index contributed by atoms with van der Waals surface area (Å²) in [5, 5.41) is 0.911. The molecule has 7 heteroatoms. The monoisotopic (exact) mass is 347 g/mol. The number of hydrogen-bond donors (Lipinski definition) is 2. The highest BCUT2D eigenvalue weighted by molar-refractivity contribution is 6.01. The molecule has 0 amide bonds. The molecule has 0 aliphatic heterocycles. The fraction of sp³-hybridized carbons (Fsp3) is 0.0526. The van der Waals surface area contributed by atoms with Gasteiger partial charge in [-0.2, -0.15) is 0 Å². The van der Waals surface area contributed by atoms with E-state index in [0.29, 0.717) is 22.1 Å². The van der Waals surface area contributed by atoms with Crippen LogP contribution in [-0.2, 0) is 4.74 Å². The molecule has 128 valence electrons. The number of Topliss-reactive ketones (excluding diaryl/α,β-unsaturated/α-hetero) is 1. The smallest absolute Gasteiger partial charge is 0.357 e. The number of imidazole rings is 1. The van der Waals surface area contributed by atoms with E-state index in [9.17, 15) is 14.4 Å². The van der Waals surface area contributed by atoms with E-state index in [0.717, 1.165) is 5.39 Å². The number of aromatic nitrogens is 3. The SMILES string of the molecule is O=C(COC(=O)c1ccc2ccccc2n1)c1ccc2[nH]c(=O)[nH]c2c1. The van der Waals surface area contributed by atoms with E-state index in [1.807, 2.05) is 18.2 Å². The van der Waals surface area contributed by atoms with Gasteiger partial charge in [0.15, 0.2) is 12.4 Å². The van der Waals surface area contributed by atoms with Gasteiger partial charge in [-0.3, -0.25) is 4.79 Å². The third-order valence-corrected chi connectivity index (χ3v) is 3.98. The van der Waals surface area contributed by atoms with Crippen LogP contribution in [0.3, 0.4) is 0 Å². The number of benzene rings is 2. The molecule has 4 aromatic rings. The van der Waals surface area contributed by atoms with Gasteiger partial charge in [0.05, 0.1) is 16.6 Å². The van der Waals surface area contributed by atoms with E-state index in [1.54, 1.807) is 30.3 Å². The number of carbonyl (C=O) groups is 2. The molecule has 7 nitrogen and oxygen atoms in total. The molecule has 0 radical (unpaired) electrons. The molecule has 0 spiro atoms. The van der Waals surface area contributed by atoms with E-state index in [-0.39, 0.29) is 17.2 Å². The Morgan fingerprint density at radius 3 is 2.65 bits per heavy atom. The number of carbonyl (C=O) groups excluding carboxylic acids is 2. The van der Waals surface area contributed by atoms with Gasteiger partial charge in [-0.25, -0.2) is 14.6 Å². The van der Waals surface area contributed by atoms with Crippen LogP contribution in [0.4, 0.5) is 0 Å². The number of rotatable bonds is 4. The fourth-order valence-corrected chi connectivity index (χ4v) is 2.67. The average molecular weight is 347 g/mol. The van der Waals surface area contributed by atoms with E-state index in [2.05, 4.69) is 15.0 Å². The number of aromatic amines is 2. The zero-order valence-electron chi connectivity index (χ0n) is 13.5. The van der Waals surface area contributed by atoms with Crippen molar-refractivity contribution in [3.8, 4) is 0 Å². The summed E-state index contributed by atoms with van der Waals surface area (Å²) in [4.78, 5) is 45.1. The number of fused-ring (bicyclic) bond motifs is 2. The van der Waals surface area contributed by atoms with E-state index >= 15 is 0 Å². The first-order valence-corrected chi connectivity index (χ1v) is 7.88. The van der Waals surface area contributed by atoms with Crippen molar-refractivity contribution in [2.24, 2.45) is 0 Å². The Morgan fingerprint density at radius 2 is 1.77 bits per heavy atom. The van der Waals surface area contributed by atoms with Crippen molar-refractivity contribution in [1.82, 2.24) is 15.0 Å². The largest absolute Gasteiger partial charge is 0.453 e. The summed E-state index contributed by atoms with van der Waals surface area (Å²) in [6, 6.07) is 15.5. The van der Waals surface area contributed by atoms with Crippen LogP contribution >= 0.6 is 0 Å². The molecule has 2 heterocycles. The minimum Gasteiger partial charge on any atom is -0.453 e. The van der Waals surface area contributed by atoms with Crippen molar-refractivity contribution >= 4 is 33.7 Å². The van der Waals surface area contributed by atoms with Crippen LogP contribution in [0.2, 0.25) is 0 Å². The quantitative estimate of drug-likeness (QED) is 0.436. The lowest BCUT2D eigenvalue weighted by atomic mass is 10.1. The standard InChI is InChI=1S/C19H13N3O4/c23-17(12-6-7-14-16(9-12)22-19(25)21-14)10-26-18(24)15-8-5-11-3-1-2-4-13(11)20-15/h1-9H,10H2,(H2,21,22,25). The van der Waals surface area contributed by atoms with Crippen molar-refractivity contribution in [1.29, 1.82) is 0 Å². The topological polar surface area (TPSA) is 105 Å². The van der Waals surface area contributed by atoms with Gasteiger partial charge in [0.2, 0.25) is 0 Å². The van der Waals surface area contributed by atoms with Crippen molar-refractivity contribution in [2.75, 3.05) is 6.61 Å². The predicted octanol–water partition coefficient (Wildman–Crippen LogP) is 2.44. The van der Waals surface area contributed by atoms with Gasteiger partial charge >= 0.3 is 11.7 Å². The third kappa shape index (κ3) is 2.98. The minimum atomic E-state index is -0.666. The van der Waals surface area contributed by atoms with Crippen LogP contribution < -0.4 is 5.69 Å². The highest BCUT2D eigenvalue weighted by Crippen LogP contribution is 2.13. The molecule has 26 heavy (non-hydrogen) atoms. The summed E-state index contributed by atoms with van der Waals surface area (Å²) in [6.45, 7) is -0.409. The maximum atomic E-state index is 12.2. The lowest BCUT2D eigenvalue weighted by Crippen LogP contribution is -2.15. The Morgan fingerprint density at radius 1 is 0.962 bits per heavy atom. The van der Waals surface area contributed by atoms with Crippen LogP contribution in [0.1, 0.15) is 20.8 Å². The average Bonchev–Trinajstić information content (AvgIpc) is 3.04. The number of para-hydroxylation sites is 1. The molecular weight excluding hydrogens is 334 g/mol. The third-order valence-electron chi connectivity index (χ3n) is 3.98. The lowest BCUT2D eigenvalue weighted by molar-refractivity contribution is 0.0469. The molecule has 0 atom stereocenters. The highest BCUT2D eigenvalue weighted by Gasteiger charge is 2.14. The molecule has 2 aromatic heterocycles. The number of nitrogens with one attached hydrogen (secondary N) is 2. The summed E-state index contributed by atoms with van der Waals surface area (Å²) in [7, 11) is 0. The first kappa shape index (κ1) is 15.8. The van der Waals surface area contributed by atoms with Gasteiger partial charge < -0.3 is 14.7 Å². The second-order valence-electron chi connectivity index (χ2n) is 5.73. The van der Waals surface area contributed by atoms with Gasteiger partial charge in [0.25, 0.3) is 0 Å². The Kier molecular flexibility index (Phi) is 3.81. The van der Waals surface area contributed by atoms with Crippen LogP contribution in [0.15, 0.2) is 59.4 Å². The Bertz CT molecular complexity index is 1210. The number of pyridine rings is 1. The summed E-state index contributed by atoms with van der Waals surface area (Å²) < 4.78 is 5.08. The maximum Gasteiger partial charge on any atom is 0.357 e. The first-order chi connectivity index (χ1) is 12.6. The fourth-order valence-electron chi connectivity index (χ4n) is 2.67. The lowest BCUT2D eigenvalue weighted by Gasteiger charge is -2.05. The van der Waals surface area contributed by atoms with Gasteiger partial charge in [-0.1, -0.05) is 24.3 Å². The Labute approximate surface area is 146 Å². The molecule has 0 saturated heterocycles. The second-order valence-corrected chi connectivity index (χ2v) is 5.73. The summed E-state index contributed by atoms with van der Waals surface area (Å²) in [6.07, 6.45) is 0. The summed E-state index contributed by atoms with van der Waals surface area (Å²) in [5.74, 6) is -1.04. The Hall–Kier alpha value is -3.74. The molecule has 0 unspecified atom stereocenters. The van der Waals surface area contributed by atoms with Crippen LogP contribution in [0.5, 0.6) is 0 Å². The molecule has 2 N–H and O–H groups in total. The molecular formula is C19H13N3O4. The number of ketones is 1. The number of nitrogens with zero attached hydrogens (tertiary/aromatic N) is 1. The number of ether oxygens (including phenoxy) is 1. The zero-order chi connectivity index (χ0) is 18.1. The van der Waals surface area contributed by atoms with Crippen LogP contribution in [-0.4, -0.2) is 33.3 Å². The highest BCUT2D eigenvalue weighted by atomic mass is 16.5. The van der Waals surface area contributed by atoms with E-state index < -0.39 is 12.6 Å². The molecule has 0 aliphatic rings. The van der Waals surface area contributed by atoms with Crippen molar-refractivity contribution in [3.63, 3.8) is 0 Å². The van der Waals surface area contributed by atoms with Gasteiger partial charge in [0.1, 0.15) is 5.69 Å². The van der Waals surface area contributed by atoms with Crippen LogP contribution in [0.25, 0.3) is 21.9 Å². The van der Waals surface area contributed by atoms with Gasteiger partial charge in [-0.15, -0.1) is 0 Å². The van der Waals surface area contributed by atoms with Crippen molar-refractivity contribution in [2.45, 2.75) is 0 Å². The summed E-state index contributed by atoms with van der Waals surface area (Å²) in [5.41, 5.74) is 1.93. The normalized spacial score (nSPS) is 10.9. The van der Waals surface area contributed by atoms with E-state index in [1.165, 1.54) is 6.07 Å². The molecule has 0 saturated carbocycles. The molecule has 0 fully saturated rings. The predicted molar refractivity (Wildman–Crippen MR) is 95.3 cm³/mol. The minimum absolute atomic E-state index is 0.141. The molecule has 4 rings (SSSR count).